The van der Waals surface area contributed by atoms with E-state index >= 15 is 0 Å². The summed E-state index contributed by atoms with van der Waals surface area (Å²) < 4.78 is 1.16. The van der Waals surface area contributed by atoms with E-state index in [2.05, 4.69) is 22.6 Å². The predicted octanol–water partition coefficient (Wildman–Crippen LogP) is 3.61. The SMILES string of the molecule is O=C(c1ccc(I)cc1)C1C=CC=CC1. The molecule has 0 N–H and O–H groups in total. The van der Waals surface area contributed by atoms with E-state index in [4.69, 9.17) is 0 Å². The molecule has 1 aliphatic carbocycles. The molecule has 0 fully saturated rings. The molecule has 76 valence electrons. The van der Waals surface area contributed by atoms with Gasteiger partial charge in [-0.05, 0) is 41.1 Å². The van der Waals surface area contributed by atoms with Gasteiger partial charge in [0, 0.05) is 15.1 Å². The van der Waals surface area contributed by atoms with Crippen LogP contribution in [0.1, 0.15) is 16.8 Å². The highest BCUT2D eigenvalue weighted by Gasteiger charge is 2.16. The highest BCUT2D eigenvalue weighted by Crippen LogP contribution is 2.18. The van der Waals surface area contributed by atoms with Crippen molar-refractivity contribution < 1.29 is 4.79 Å². The molecule has 1 unspecified atom stereocenters. The molecule has 0 amide bonds. The fourth-order valence-electron chi connectivity index (χ4n) is 1.60. The number of ketones is 1. The van der Waals surface area contributed by atoms with Crippen LogP contribution in [0.15, 0.2) is 48.6 Å². The van der Waals surface area contributed by atoms with Gasteiger partial charge in [-0.3, -0.25) is 4.79 Å². The summed E-state index contributed by atoms with van der Waals surface area (Å²) in [5.41, 5.74) is 0.806. The number of Topliss-reactive ketones (excluding diaryl/α,β-unsaturated/α-hetero) is 1. The van der Waals surface area contributed by atoms with Crippen molar-refractivity contribution in [2.45, 2.75) is 6.42 Å². The van der Waals surface area contributed by atoms with Gasteiger partial charge < -0.3 is 0 Å². The summed E-state index contributed by atoms with van der Waals surface area (Å²) in [6, 6.07) is 7.74. The predicted molar refractivity (Wildman–Crippen MR) is 69.9 cm³/mol. The van der Waals surface area contributed by atoms with Crippen molar-refractivity contribution in [1.29, 1.82) is 0 Å². The van der Waals surface area contributed by atoms with Crippen molar-refractivity contribution in [2.75, 3.05) is 0 Å². The Balaban J connectivity index is 2.17. The molecule has 0 aromatic heterocycles. The maximum absolute atomic E-state index is 12.0. The van der Waals surface area contributed by atoms with Gasteiger partial charge in [-0.2, -0.15) is 0 Å². The van der Waals surface area contributed by atoms with Gasteiger partial charge in [-0.1, -0.05) is 36.4 Å². The van der Waals surface area contributed by atoms with E-state index in [0.717, 1.165) is 15.6 Å². The van der Waals surface area contributed by atoms with Crippen molar-refractivity contribution >= 4 is 28.4 Å². The minimum absolute atomic E-state index is 0.0232. The molecule has 1 aromatic rings. The number of allylic oxidation sites excluding steroid dienone is 4. The number of halogens is 1. The van der Waals surface area contributed by atoms with Gasteiger partial charge >= 0.3 is 0 Å². The smallest absolute Gasteiger partial charge is 0.170 e. The summed E-state index contributed by atoms with van der Waals surface area (Å²) in [7, 11) is 0. The first-order chi connectivity index (χ1) is 7.27. The van der Waals surface area contributed by atoms with E-state index < -0.39 is 0 Å². The molecule has 0 heterocycles. The molecule has 1 aromatic carbocycles. The van der Waals surface area contributed by atoms with Crippen molar-refractivity contribution in [3.63, 3.8) is 0 Å². The third kappa shape index (κ3) is 2.56. The van der Waals surface area contributed by atoms with Gasteiger partial charge in [0.25, 0.3) is 0 Å². The van der Waals surface area contributed by atoms with Crippen LogP contribution < -0.4 is 0 Å². The molecule has 2 rings (SSSR count). The lowest BCUT2D eigenvalue weighted by Gasteiger charge is -2.11. The third-order valence-electron chi connectivity index (χ3n) is 2.45. The van der Waals surface area contributed by atoms with Crippen LogP contribution in [0.3, 0.4) is 0 Å². The average molecular weight is 310 g/mol. The van der Waals surface area contributed by atoms with Crippen LogP contribution in [0, 0.1) is 9.49 Å². The molecular formula is C13H11IO. The monoisotopic (exact) mass is 310 g/mol. The lowest BCUT2D eigenvalue weighted by molar-refractivity contribution is 0.0945. The Morgan fingerprint density at radius 2 is 1.93 bits per heavy atom. The number of rotatable bonds is 2. The first-order valence-corrected chi connectivity index (χ1v) is 5.98. The fraction of sp³-hybridized carbons (Fsp3) is 0.154. The van der Waals surface area contributed by atoms with E-state index in [-0.39, 0.29) is 11.7 Å². The second-order valence-electron chi connectivity index (χ2n) is 3.53. The maximum Gasteiger partial charge on any atom is 0.170 e. The number of carbonyl (C=O) groups is 1. The quantitative estimate of drug-likeness (QED) is 0.602. The Morgan fingerprint density at radius 1 is 1.20 bits per heavy atom. The molecule has 0 aliphatic heterocycles. The van der Waals surface area contributed by atoms with Crippen LogP contribution in [-0.2, 0) is 0 Å². The first-order valence-electron chi connectivity index (χ1n) is 4.90. The lowest BCUT2D eigenvalue weighted by atomic mass is 9.92. The Labute approximate surface area is 103 Å². The third-order valence-corrected chi connectivity index (χ3v) is 3.17. The minimum atomic E-state index is 0.0232. The Morgan fingerprint density at radius 3 is 2.53 bits per heavy atom. The van der Waals surface area contributed by atoms with Crippen LogP contribution in [0.2, 0.25) is 0 Å². The maximum atomic E-state index is 12.0. The standard InChI is InChI=1S/C13H11IO/c14-12-8-6-11(7-9-12)13(15)10-4-2-1-3-5-10/h1-4,6-10H,5H2. The zero-order valence-electron chi connectivity index (χ0n) is 8.19. The van der Waals surface area contributed by atoms with E-state index in [0.29, 0.717) is 0 Å². The molecule has 0 saturated heterocycles. The molecule has 15 heavy (non-hydrogen) atoms. The molecule has 1 aliphatic rings. The highest BCUT2D eigenvalue weighted by atomic mass is 127. The topological polar surface area (TPSA) is 17.1 Å². The van der Waals surface area contributed by atoms with Crippen LogP contribution in [-0.4, -0.2) is 5.78 Å². The fourth-order valence-corrected chi connectivity index (χ4v) is 1.96. The summed E-state index contributed by atoms with van der Waals surface area (Å²) >= 11 is 2.24. The van der Waals surface area contributed by atoms with Gasteiger partial charge in [0.1, 0.15) is 0 Å². The average Bonchev–Trinajstić information content (AvgIpc) is 2.30. The molecule has 0 radical (unpaired) electrons. The molecule has 0 saturated carbocycles. The van der Waals surface area contributed by atoms with E-state index in [9.17, 15) is 4.79 Å². The molecule has 1 nitrogen and oxygen atoms in total. The first kappa shape index (κ1) is 10.6. The summed E-state index contributed by atoms with van der Waals surface area (Å²) in [6.07, 6.45) is 8.76. The zero-order valence-corrected chi connectivity index (χ0v) is 10.3. The molecular weight excluding hydrogens is 299 g/mol. The Hall–Kier alpha value is -0.900. The number of carbonyl (C=O) groups excluding carboxylic acids is 1. The molecule has 2 heteroatoms. The van der Waals surface area contributed by atoms with Crippen molar-refractivity contribution in [3.05, 3.63) is 57.7 Å². The van der Waals surface area contributed by atoms with Gasteiger partial charge in [0.15, 0.2) is 5.78 Å². The van der Waals surface area contributed by atoms with Crippen molar-refractivity contribution in [1.82, 2.24) is 0 Å². The van der Waals surface area contributed by atoms with Gasteiger partial charge in [-0.25, -0.2) is 0 Å². The van der Waals surface area contributed by atoms with Crippen molar-refractivity contribution in [3.8, 4) is 0 Å². The van der Waals surface area contributed by atoms with Crippen LogP contribution in [0.5, 0.6) is 0 Å². The highest BCUT2D eigenvalue weighted by molar-refractivity contribution is 14.1. The Kier molecular flexibility index (Phi) is 3.36. The lowest BCUT2D eigenvalue weighted by Crippen LogP contribution is -2.12. The van der Waals surface area contributed by atoms with Gasteiger partial charge in [0.2, 0.25) is 0 Å². The normalized spacial score (nSPS) is 19.1. The summed E-state index contributed by atoms with van der Waals surface area (Å²) in [5, 5.41) is 0. The van der Waals surface area contributed by atoms with Crippen molar-refractivity contribution in [2.24, 2.45) is 5.92 Å². The Bertz CT molecular complexity index is 415. The second kappa shape index (κ2) is 4.75. The number of hydrogen-bond donors (Lipinski definition) is 0. The van der Waals surface area contributed by atoms with Gasteiger partial charge in [0.05, 0.1) is 0 Å². The van der Waals surface area contributed by atoms with E-state index in [1.165, 1.54) is 0 Å². The summed E-state index contributed by atoms with van der Waals surface area (Å²) in [4.78, 5) is 12.0. The summed E-state index contributed by atoms with van der Waals surface area (Å²) in [6.45, 7) is 0. The van der Waals surface area contributed by atoms with E-state index in [1.807, 2.05) is 48.6 Å². The van der Waals surface area contributed by atoms with Crippen LogP contribution >= 0.6 is 22.6 Å². The van der Waals surface area contributed by atoms with Crippen LogP contribution in [0.4, 0.5) is 0 Å². The largest absolute Gasteiger partial charge is 0.294 e. The number of benzene rings is 1. The second-order valence-corrected chi connectivity index (χ2v) is 4.77. The zero-order chi connectivity index (χ0) is 10.7. The molecule has 0 spiro atoms. The van der Waals surface area contributed by atoms with E-state index in [1.54, 1.807) is 0 Å². The number of hydrogen-bond acceptors (Lipinski definition) is 1. The summed E-state index contributed by atoms with van der Waals surface area (Å²) in [5.74, 6) is 0.238. The molecule has 1 atom stereocenters. The molecule has 0 bridgehead atoms. The van der Waals surface area contributed by atoms with Crippen LogP contribution in [0.25, 0.3) is 0 Å². The van der Waals surface area contributed by atoms with Gasteiger partial charge in [-0.15, -0.1) is 0 Å². The minimum Gasteiger partial charge on any atom is -0.294 e.